The first-order chi connectivity index (χ1) is 1.89. The highest BCUT2D eigenvalue weighted by atomic mass is 16.2. The molecular formula is CN2O. The van der Waals surface area contributed by atoms with Gasteiger partial charge in [-0.1, -0.05) is 10.2 Å². The molecule has 0 N–H and O–H groups in total. The van der Waals surface area contributed by atoms with E-state index in [2.05, 4.69) is 10.2 Å². The molecule has 0 saturated heterocycles. The highest BCUT2D eigenvalue weighted by molar-refractivity contribution is 4.45. The van der Waals surface area contributed by atoms with Crippen LogP contribution in [0.2, 0.25) is 0 Å². The molecule has 4 heavy (non-hydrogen) atoms. The third kappa shape index (κ3) is 0.0180. The van der Waals surface area contributed by atoms with Gasteiger partial charge in [0.1, 0.15) is 0 Å². The van der Waals surface area contributed by atoms with Gasteiger partial charge in [0.25, 0.3) is 0 Å². The Morgan fingerprint density at radius 1 is 1.50 bits per heavy atom. The predicted molar refractivity (Wildman–Crippen MR) is 10.7 cm³/mol. The van der Waals surface area contributed by atoms with E-state index >= 15 is 0 Å². The van der Waals surface area contributed by atoms with E-state index in [4.69, 9.17) is 0 Å². The summed E-state index contributed by atoms with van der Waals surface area (Å²) >= 11 is 0. The second-order valence-corrected chi connectivity index (χ2v) is 0.483. The van der Waals surface area contributed by atoms with Crippen molar-refractivity contribution >= 4 is 0 Å². The number of hydrogen-bond acceptors (Lipinski definition) is 3. The Bertz CT molecular complexity index is 94.8. The van der Waals surface area contributed by atoms with Gasteiger partial charge in [0.15, 0.2) is 0 Å². The zero-order chi connectivity index (χ0) is 2.99. The summed E-state index contributed by atoms with van der Waals surface area (Å²) in [6, 6.07) is 0. The maximum atomic E-state index is 9.22. The van der Waals surface area contributed by atoms with E-state index in [0.717, 1.165) is 0 Å². The predicted octanol–water partition coefficient (Wildman–Crippen LogP) is -1.29. The van der Waals surface area contributed by atoms with Gasteiger partial charge in [-0.25, -0.2) is 4.79 Å². The van der Waals surface area contributed by atoms with Crippen molar-refractivity contribution in [1.29, 1.82) is 0 Å². The average molecular weight is 56.0 g/mol. The van der Waals surface area contributed by atoms with Crippen molar-refractivity contribution in [1.82, 2.24) is 10.2 Å². The second kappa shape index (κ2) is 0.201. The van der Waals surface area contributed by atoms with Crippen LogP contribution in [0.4, 0.5) is 0 Å². The summed E-state index contributed by atoms with van der Waals surface area (Å²) in [5.41, 5.74) is -0.333. The monoisotopic (exact) mass is 56.0 g/mol. The Kier molecular flexibility index (Phi) is 0.0791. The van der Waals surface area contributed by atoms with Gasteiger partial charge >= 0.3 is 5.69 Å². The van der Waals surface area contributed by atoms with Gasteiger partial charge in [0.05, 0.1) is 0 Å². The van der Waals surface area contributed by atoms with Crippen molar-refractivity contribution in [2.24, 2.45) is 0 Å². The molecule has 0 saturated carbocycles. The average Bonchev–Trinajstić information content (AvgIpc) is 1.75. The lowest BCUT2D eigenvalue weighted by molar-refractivity contribution is 1.39. The molecule has 3 heteroatoms. The molecule has 1 aromatic heterocycles. The lowest BCUT2D eigenvalue weighted by atomic mass is 11.5. The number of hydrogen-bond donors (Lipinski definition) is 0. The zero-order valence-corrected chi connectivity index (χ0v) is 1.80. The molecule has 0 fully saturated rings. The Morgan fingerprint density at radius 2 is 1.75 bits per heavy atom. The molecule has 0 unspecified atom stereocenters. The van der Waals surface area contributed by atoms with E-state index in [1.165, 1.54) is 0 Å². The molecule has 0 aliphatic rings. The van der Waals surface area contributed by atoms with Crippen LogP contribution in [0.5, 0.6) is 0 Å². The summed E-state index contributed by atoms with van der Waals surface area (Å²) in [7, 11) is 0. The first-order valence-electron chi connectivity index (χ1n) is 0.851. The third-order valence-electron chi connectivity index (χ3n) is 0.182. The standard InChI is InChI=1S/CN2O/c4-1-2-3-1. The van der Waals surface area contributed by atoms with Crippen LogP contribution < -0.4 is 5.69 Å². The second-order valence-electron chi connectivity index (χ2n) is 0.483. The van der Waals surface area contributed by atoms with Crippen LogP contribution in [0.15, 0.2) is 4.79 Å². The van der Waals surface area contributed by atoms with Crippen molar-refractivity contribution < 1.29 is 0 Å². The van der Waals surface area contributed by atoms with E-state index in [-0.39, 0.29) is 5.69 Å². The highest BCUT2D eigenvalue weighted by Gasteiger charge is 1.85. The maximum Gasteiger partial charge on any atom is 0.404 e. The van der Waals surface area contributed by atoms with Crippen molar-refractivity contribution in [3.8, 4) is 0 Å². The van der Waals surface area contributed by atoms with E-state index in [0.29, 0.717) is 0 Å². The molecule has 0 aliphatic heterocycles. The molecule has 3 nitrogen and oxygen atoms in total. The Balaban J connectivity index is 3.55. The molecule has 1 aromatic rings. The molecule has 0 atom stereocenters. The minimum absolute atomic E-state index is 0.333. The fourth-order valence-corrected chi connectivity index (χ4v) is 0.0204. The van der Waals surface area contributed by atoms with E-state index in [1.807, 2.05) is 0 Å². The minimum atomic E-state index is -0.333. The molecule has 0 spiro atoms. The third-order valence-corrected chi connectivity index (χ3v) is 0.182. The molecule has 1 rings (SSSR count). The summed E-state index contributed by atoms with van der Waals surface area (Å²) in [6.45, 7) is 0. The first kappa shape index (κ1) is 1.58. The smallest absolute Gasteiger partial charge is 0.240 e. The highest BCUT2D eigenvalue weighted by Crippen LogP contribution is 1.29. The van der Waals surface area contributed by atoms with Crippen LogP contribution in [0.25, 0.3) is 0 Å². The zero-order valence-electron chi connectivity index (χ0n) is 1.80. The van der Waals surface area contributed by atoms with Gasteiger partial charge in [0, 0.05) is 0 Å². The van der Waals surface area contributed by atoms with Gasteiger partial charge in [0.2, 0.25) is 0 Å². The van der Waals surface area contributed by atoms with Gasteiger partial charge < -0.3 is 0 Å². The summed E-state index contributed by atoms with van der Waals surface area (Å²) in [5.74, 6) is 0. The van der Waals surface area contributed by atoms with E-state index < -0.39 is 0 Å². The van der Waals surface area contributed by atoms with Crippen LogP contribution >= 0.6 is 0 Å². The molecule has 1 heterocycles. The molecule has 20 valence electrons. The summed E-state index contributed by atoms with van der Waals surface area (Å²) < 4.78 is 0. The van der Waals surface area contributed by atoms with Crippen LogP contribution in [0.1, 0.15) is 0 Å². The number of nitrogens with zero attached hydrogens (tertiary/aromatic N) is 2. The SMILES string of the molecule is O=c1nn1. The molecule has 0 amide bonds. The minimum Gasteiger partial charge on any atom is -0.240 e. The Hall–Kier alpha value is -0.730. The summed E-state index contributed by atoms with van der Waals surface area (Å²) in [5, 5.41) is 5.78. The molecule has 0 bridgehead atoms. The number of rotatable bonds is 0. The fourth-order valence-electron chi connectivity index (χ4n) is 0.0204. The van der Waals surface area contributed by atoms with Gasteiger partial charge in [-0.15, -0.1) is 0 Å². The topological polar surface area (TPSA) is 42.9 Å². The van der Waals surface area contributed by atoms with Crippen molar-refractivity contribution in [2.45, 2.75) is 0 Å². The molecule has 0 radical (unpaired) electrons. The van der Waals surface area contributed by atoms with Crippen LogP contribution in [-0.4, -0.2) is 10.2 Å². The van der Waals surface area contributed by atoms with Crippen LogP contribution in [-0.2, 0) is 0 Å². The van der Waals surface area contributed by atoms with Gasteiger partial charge in [-0.2, -0.15) is 0 Å². The Morgan fingerprint density at radius 3 is 1.75 bits per heavy atom. The van der Waals surface area contributed by atoms with Crippen molar-refractivity contribution in [2.75, 3.05) is 0 Å². The van der Waals surface area contributed by atoms with Crippen molar-refractivity contribution in [3.63, 3.8) is 0 Å². The van der Waals surface area contributed by atoms with Crippen molar-refractivity contribution in [3.05, 3.63) is 10.5 Å². The van der Waals surface area contributed by atoms with Crippen LogP contribution in [0.3, 0.4) is 0 Å². The quantitative estimate of drug-likeness (QED) is 0.371. The van der Waals surface area contributed by atoms with E-state index in [9.17, 15) is 4.79 Å². The molecule has 0 aromatic carbocycles. The maximum absolute atomic E-state index is 9.22. The number of aromatic nitrogens is 2. The molecular weight excluding hydrogens is 56.0 g/mol. The van der Waals surface area contributed by atoms with E-state index in [1.54, 1.807) is 0 Å². The van der Waals surface area contributed by atoms with Gasteiger partial charge in [-0.3, -0.25) is 0 Å². The van der Waals surface area contributed by atoms with Crippen LogP contribution in [0, 0.1) is 0 Å². The fraction of sp³-hybridized carbons (Fsp3) is 0. The molecule has 0 aliphatic carbocycles. The lowest BCUT2D eigenvalue weighted by Crippen LogP contribution is -1.69. The largest absolute Gasteiger partial charge is 0.404 e. The lowest BCUT2D eigenvalue weighted by Gasteiger charge is -1.01. The van der Waals surface area contributed by atoms with Gasteiger partial charge in [-0.05, 0) is 0 Å². The Labute approximate surface area is 22.0 Å². The summed E-state index contributed by atoms with van der Waals surface area (Å²) in [4.78, 5) is 9.22. The summed E-state index contributed by atoms with van der Waals surface area (Å²) in [6.07, 6.45) is 0. The normalized spacial score (nSPS) is 9.00. The first-order valence-corrected chi connectivity index (χ1v) is 0.851.